The molecule has 1 aromatic heterocycles. The van der Waals surface area contributed by atoms with E-state index in [0.29, 0.717) is 21.2 Å². The first-order valence-corrected chi connectivity index (χ1v) is 10.7. The number of rotatable bonds is 4. The fourth-order valence-corrected chi connectivity index (χ4v) is 5.21. The van der Waals surface area contributed by atoms with Crippen molar-refractivity contribution in [2.24, 2.45) is 0 Å². The van der Waals surface area contributed by atoms with Gasteiger partial charge in [0.05, 0.1) is 16.1 Å². The van der Waals surface area contributed by atoms with Crippen molar-refractivity contribution in [3.63, 3.8) is 0 Å². The van der Waals surface area contributed by atoms with E-state index < -0.39 is 0 Å². The van der Waals surface area contributed by atoms with Gasteiger partial charge in [0.25, 0.3) is 5.91 Å². The third-order valence-corrected chi connectivity index (χ3v) is 6.58. The van der Waals surface area contributed by atoms with Gasteiger partial charge in [-0.15, -0.1) is 23.7 Å². The van der Waals surface area contributed by atoms with Crippen molar-refractivity contribution < 1.29 is 4.79 Å². The van der Waals surface area contributed by atoms with E-state index in [2.05, 4.69) is 28.4 Å². The van der Waals surface area contributed by atoms with Gasteiger partial charge in [0.1, 0.15) is 11.1 Å². The van der Waals surface area contributed by atoms with Crippen LogP contribution in [0, 0.1) is 11.3 Å². The van der Waals surface area contributed by atoms with E-state index >= 15 is 0 Å². The summed E-state index contributed by atoms with van der Waals surface area (Å²) in [7, 11) is 0. The molecule has 0 atom stereocenters. The van der Waals surface area contributed by atoms with E-state index in [4.69, 9.17) is 23.2 Å². The second-order valence-corrected chi connectivity index (χ2v) is 8.79. The fraction of sp³-hybridized carbons (Fsp3) is 0.182. The Balaban J connectivity index is 0.00000256. The Kier molecular flexibility index (Phi) is 7.41. The van der Waals surface area contributed by atoms with Crippen LogP contribution >= 0.6 is 46.9 Å². The van der Waals surface area contributed by atoms with Crippen molar-refractivity contribution in [3.05, 3.63) is 85.7 Å². The zero-order valence-electron chi connectivity index (χ0n) is 15.8. The second kappa shape index (κ2) is 9.82. The molecule has 0 saturated heterocycles. The number of thiophene rings is 1. The Morgan fingerprint density at radius 2 is 1.97 bits per heavy atom. The molecule has 0 saturated carbocycles. The average molecular weight is 479 g/mol. The maximum atomic E-state index is 12.7. The van der Waals surface area contributed by atoms with Crippen LogP contribution in [0.1, 0.15) is 31.9 Å². The molecule has 1 aliphatic heterocycles. The largest absolute Gasteiger partial charge is 0.312 e. The van der Waals surface area contributed by atoms with E-state index in [1.165, 1.54) is 23.0 Å². The number of benzene rings is 2. The SMILES string of the molecule is Cl.N#Cc1c(NC(=O)c2ccc(Cl)cc2Cl)sc2c1CCN(Cc1ccccc1)C2. The highest BCUT2D eigenvalue weighted by molar-refractivity contribution is 7.16. The number of anilines is 1. The van der Waals surface area contributed by atoms with Crippen LogP contribution in [0.15, 0.2) is 48.5 Å². The molecule has 0 unspecified atom stereocenters. The molecule has 1 amide bonds. The van der Waals surface area contributed by atoms with Crippen LogP contribution in [-0.4, -0.2) is 17.4 Å². The summed E-state index contributed by atoms with van der Waals surface area (Å²) in [6.07, 6.45) is 0.791. The minimum atomic E-state index is -0.345. The van der Waals surface area contributed by atoms with Crippen molar-refractivity contribution in [1.82, 2.24) is 4.90 Å². The number of nitrogens with one attached hydrogen (secondary N) is 1. The minimum Gasteiger partial charge on any atom is -0.312 e. The van der Waals surface area contributed by atoms with E-state index in [1.54, 1.807) is 12.1 Å². The standard InChI is InChI=1S/C22H17Cl2N3OS.ClH/c23-15-6-7-17(19(24)10-15)21(28)26-22-18(11-25)16-8-9-27(13-20(16)29-22)12-14-4-2-1-3-5-14;/h1-7,10H,8-9,12-13H2,(H,26,28);1H. The molecule has 4 nitrogen and oxygen atoms in total. The molecule has 0 spiro atoms. The number of fused-ring (bicyclic) bond motifs is 1. The smallest absolute Gasteiger partial charge is 0.257 e. The first-order valence-electron chi connectivity index (χ1n) is 9.12. The monoisotopic (exact) mass is 477 g/mol. The van der Waals surface area contributed by atoms with Crippen LogP contribution in [0.3, 0.4) is 0 Å². The van der Waals surface area contributed by atoms with Gasteiger partial charge < -0.3 is 5.32 Å². The van der Waals surface area contributed by atoms with Crippen LogP contribution in [0.2, 0.25) is 10.0 Å². The van der Waals surface area contributed by atoms with Crippen LogP contribution < -0.4 is 5.32 Å². The first kappa shape index (κ1) is 22.6. The Bertz CT molecular complexity index is 1110. The highest BCUT2D eigenvalue weighted by Gasteiger charge is 2.26. The molecule has 3 aromatic rings. The van der Waals surface area contributed by atoms with Gasteiger partial charge >= 0.3 is 0 Å². The first-order chi connectivity index (χ1) is 14.0. The normalized spacial score (nSPS) is 13.1. The molecule has 154 valence electrons. The van der Waals surface area contributed by atoms with Crippen LogP contribution in [0.5, 0.6) is 0 Å². The number of nitriles is 1. The molecule has 30 heavy (non-hydrogen) atoms. The van der Waals surface area contributed by atoms with E-state index in [9.17, 15) is 10.1 Å². The summed E-state index contributed by atoms with van der Waals surface area (Å²) in [4.78, 5) is 16.2. The Labute approximate surface area is 195 Å². The summed E-state index contributed by atoms with van der Waals surface area (Å²) in [5.74, 6) is -0.345. The van der Waals surface area contributed by atoms with Crippen LogP contribution in [0.25, 0.3) is 0 Å². The number of carbonyl (C=O) groups excluding carboxylic acids is 1. The van der Waals surface area contributed by atoms with Gasteiger partial charge in [-0.3, -0.25) is 9.69 Å². The van der Waals surface area contributed by atoms with Crippen LogP contribution in [-0.2, 0) is 19.5 Å². The number of hydrogen-bond donors (Lipinski definition) is 1. The molecule has 0 fully saturated rings. The molecule has 0 aliphatic carbocycles. The zero-order valence-corrected chi connectivity index (χ0v) is 19.0. The number of hydrogen-bond acceptors (Lipinski definition) is 4. The second-order valence-electron chi connectivity index (χ2n) is 6.84. The summed E-state index contributed by atoms with van der Waals surface area (Å²) in [6, 6.07) is 17.3. The van der Waals surface area contributed by atoms with Crippen molar-refractivity contribution in [2.75, 3.05) is 11.9 Å². The Morgan fingerprint density at radius 3 is 2.67 bits per heavy atom. The number of amides is 1. The van der Waals surface area contributed by atoms with Gasteiger partial charge in [0, 0.05) is 29.5 Å². The fourth-order valence-electron chi connectivity index (χ4n) is 3.48. The lowest BCUT2D eigenvalue weighted by molar-refractivity contribution is 0.102. The summed E-state index contributed by atoms with van der Waals surface area (Å²) in [6.45, 7) is 2.51. The summed E-state index contributed by atoms with van der Waals surface area (Å²) in [5.41, 5.74) is 3.19. The quantitative estimate of drug-likeness (QED) is 0.488. The summed E-state index contributed by atoms with van der Waals surface area (Å²) >= 11 is 13.5. The third kappa shape index (κ3) is 4.80. The van der Waals surface area contributed by atoms with E-state index in [0.717, 1.165) is 36.5 Å². The van der Waals surface area contributed by atoms with Gasteiger partial charge in [-0.1, -0.05) is 53.5 Å². The van der Waals surface area contributed by atoms with Gasteiger partial charge in [-0.2, -0.15) is 5.26 Å². The van der Waals surface area contributed by atoms with Crippen molar-refractivity contribution in [3.8, 4) is 6.07 Å². The van der Waals surface area contributed by atoms with Gasteiger partial charge in [0.2, 0.25) is 0 Å². The topological polar surface area (TPSA) is 56.1 Å². The molecule has 2 heterocycles. The average Bonchev–Trinajstić information content (AvgIpc) is 3.04. The highest BCUT2D eigenvalue weighted by atomic mass is 35.5. The molecule has 0 bridgehead atoms. The maximum absolute atomic E-state index is 12.7. The lowest BCUT2D eigenvalue weighted by Gasteiger charge is -2.26. The molecular formula is C22H18Cl3N3OS. The predicted octanol–water partition coefficient (Wildman–Crippen LogP) is 6.16. The molecule has 2 aromatic carbocycles. The van der Waals surface area contributed by atoms with Crippen molar-refractivity contribution in [2.45, 2.75) is 19.5 Å². The third-order valence-electron chi connectivity index (χ3n) is 4.90. The summed E-state index contributed by atoms with van der Waals surface area (Å²) in [5, 5.41) is 13.9. The Morgan fingerprint density at radius 1 is 1.20 bits per heavy atom. The number of carbonyl (C=O) groups is 1. The van der Waals surface area contributed by atoms with Gasteiger partial charge in [-0.05, 0) is 35.7 Å². The minimum absolute atomic E-state index is 0. The lowest BCUT2D eigenvalue weighted by atomic mass is 10.0. The number of nitrogens with zero attached hydrogens (tertiary/aromatic N) is 2. The highest BCUT2D eigenvalue weighted by Crippen LogP contribution is 2.37. The predicted molar refractivity (Wildman–Crippen MR) is 125 cm³/mol. The van der Waals surface area contributed by atoms with E-state index in [-0.39, 0.29) is 23.3 Å². The summed E-state index contributed by atoms with van der Waals surface area (Å²) < 4.78 is 0. The van der Waals surface area contributed by atoms with Crippen molar-refractivity contribution >= 4 is 57.9 Å². The molecule has 0 radical (unpaired) electrons. The van der Waals surface area contributed by atoms with Crippen LogP contribution in [0.4, 0.5) is 5.00 Å². The maximum Gasteiger partial charge on any atom is 0.257 e. The Hall–Kier alpha value is -2.07. The lowest BCUT2D eigenvalue weighted by Crippen LogP contribution is -2.29. The molecule has 8 heteroatoms. The molecule has 1 aliphatic rings. The van der Waals surface area contributed by atoms with Gasteiger partial charge in [-0.25, -0.2) is 0 Å². The number of halogens is 3. The van der Waals surface area contributed by atoms with E-state index in [1.807, 2.05) is 18.2 Å². The van der Waals surface area contributed by atoms with Crippen molar-refractivity contribution in [1.29, 1.82) is 5.26 Å². The molecule has 4 rings (SSSR count). The van der Waals surface area contributed by atoms with Gasteiger partial charge in [0.15, 0.2) is 0 Å². The molecule has 1 N–H and O–H groups in total. The zero-order chi connectivity index (χ0) is 20.4. The molecular weight excluding hydrogens is 461 g/mol.